The van der Waals surface area contributed by atoms with Gasteiger partial charge in [-0.3, -0.25) is 4.79 Å². The number of anilines is 1. The number of amides is 1. The lowest BCUT2D eigenvalue weighted by molar-refractivity contribution is -0.119. The minimum Gasteiger partial charge on any atom is -0.326 e. The van der Waals surface area contributed by atoms with Crippen molar-refractivity contribution < 1.29 is 4.79 Å². The van der Waals surface area contributed by atoms with Gasteiger partial charge in [-0.15, -0.1) is 0 Å². The van der Waals surface area contributed by atoms with Crippen LogP contribution >= 0.6 is 0 Å². The highest BCUT2D eigenvalue weighted by molar-refractivity contribution is 5.96. The topological polar surface area (TPSA) is 46.3 Å². The van der Waals surface area contributed by atoms with Crippen molar-refractivity contribution in [3.8, 4) is 0 Å². The fourth-order valence-electron chi connectivity index (χ4n) is 1.93. The fraction of sp³-hybridized carbons (Fsp3) is 0.462. The van der Waals surface area contributed by atoms with E-state index < -0.39 is 0 Å². The zero-order valence-electron chi connectivity index (χ0n) is 9.81. The molecule has 2 atom stereocenters. The molecule has 0 spiro atoms. The van der Waals surface area contributed by atoms with Gasteiger partial charge in [0, 0.05) is 25.2 Å². The molecule has 1 aliphatic carbocycles. The fourth-order valence-corrected chi connectivity index (χ4v) is 1.93. The van der Waals surface area contributed by atoms with E-state index in [1.165, 1.54) is 0 Å². The maximum absolute atomic E-state index is 12.0. The second-order valence-corrected chi connectivity index (χ2v) is 4.59. The number of benzene rings is 1. The first-order chi connectivity index (χ1) is 7.63. The molecule has 1 aliphatic rings. The molecule has 3 heteroatoms. The summed E-state index contributed by atoms with van der Waals surface area (Å²) in [4.78, 5) is 13.8. The maximum atomic E-state index is 12.0. The number of nitrogens with zero attached hydrogens (tertiary/aromatic N) is 1. The van der Waals surface area contributed by atoms with Gasteiger partial charge >= 0.3 is 0 Å². The van der Waals surface area contributed by atoms with E-state index >= 15 is 0 Å². The molecule has 1 saturated carbocycles. The normalized spacial score (nSPS) is 22.9. The summed E-state index contributed by atoms with van der Waals surface area (Å²) in [6.45, 7) is 2.63. The van der Waals surface area contributed by atoms with Crippen LogP contribution in [0.4, 0.5) is 5.69 Å². The summed E-state index contributed by atoms with van der Waals surface area (Å²) in [6, 6.07) is 7.84. The predicted molar refractivity (Wildman–Crippen MR) is 65.0 cm³/mol. The summed E-state index contributed by atoms with van der Waals surface area (Å²) in [7, 11) is 1.84. The summed E-state index contributed by atoms with van der Waals surface area (Å²) in [5.74, 6) is 1.00. The van der Waals surface area contributed by atoms with Crippen molar-refractivity contribution in [3.05, 3.63) is 29.8 Å². The molecule has 0 radical (unpaired) electrons. The molecule has 1 fully saturated rings. The van der Waals surface area contributed by atoms with Crippen LogP contribution in [0.1, 0.15) is 18.9 Å². The quantitative estimate of drug-likeness (QED) is 0.840. The van der Waals surface area contributed by atoms with Crippen LogP contribution in [0.3, 0.4) is 0 Å². The Kier molecular flexibility index (Phi) is 2.97. The highest BCUT2D eigenvalue weighted by Crippen LogP contribution is 2.39. The van der Waals surface area contributed by atoms with Crippen LogP contribution in [0.2, 0.25) is 0 Å². The first kappa shape index (κ1) is 11.1. The molecule has 2 rings (SSSR count). The van der Waals surface area contributed by atoms with Crippen molar-refractivity contribution in [3.63, 3.8) is 0 Å². The van der Waals surface area contributed by atoms with Crippen molar-refractivity contribution in [1.29, 1.82) is 0 Å². The maximum Gasteiger partial charge on any atom is 0.230 e. The minimum atomic E-state index is 0.224. The summed E-state index contributed by atoms with van der Waals surface area (Å²) in [5.41, 5.74) is 7.58. The molecule has 0 bridgehead atoms. The van der Waals surface area contributed by atoms with Crippen LogP contribution in [0, 0.1) is 11.8 Å². The van der Waals surface area contributed by atoms with Crippen LogP contribution in [0.25, 0.3) is 0 Å². The van der Waals surface area contributed by atoms with Crippen molar-refractivity contribution >= 4 is 11.6 Å². The van der Waals surface area contributed by atoms with Gasteiger partial charge in [-0.25, -0.2) is 0 Å². The molecule has 1 amide bonds. The van der Waals surface area contributed by atoms with Gasteiger partial charge in [0.2, 0.25) is 5.91 Å². The summed E-state index contributed by atoms with van der Waals surface area (Å²) < 4.78 is 0. The minimum absolute atomic E-state index is 0.224. The molecule has 3 nitrogen and oxygen atoms in total. The van der Waals surface area contributed by atoms with E-state index in [0.717, 1.165) is 17.7 Å². The third kappa shape index (κ3) is 2.09. The van der Waals surface area contributed by atoms with Crippen LogP contribution in [0.15, 0.2) is 24.3 Å². The molecule has 0 aromatic heterocycles. The number of carbonyl (C=O) groups is 1. The van der Waals surface area contributed by atoms with Crippen LogP contribution < -0.4 is 10.6 Å². The van der Waals surface area contributed by atoms with E-state index in [1.54, 1.807) is 4.90 Å². The lowest BCUT2D eigenvalue weighted by Crippen LogP contribution is -2.28. The van der Waals surface area contributed by atoms with Gasteiger partial charge in [0.05, 0.1) is 0 Å². The van der Waals surface area contributed by atoms with E-state index in [-0.39, 0.29) is 11.8 Å². The molecule has 1 aromatic carbocycles. The number of hydrogen-bond donors (Lipinski definition) is 1. The third-order valence-corrected chi connectivity index (χ3v) is 3.29. The highest BCUT2D eigenvalue weighted by atomic mass is 16.2. The van der Waals surface area contributed by atoms with E-state index in [9.17, 15) is 4.79 Å². The molecule has 0 heterocycles. The van der Waals surface area contributed by atoms with Crippen LogP contribution in [-0.4, -0.2) is 13.0 Å². The number of nitrogens with two attached hydrogens (primary N) is 1. The molecule has 0 aliphatic heterocycles. The molecule has 2 unspecified atom stereocenters. The Morgan fingerprint density at radius 1 is 1.56 bits per heavy atom. The molecular weight excluding hydrogens is 200 g/mol. The largest absolute Gasteiger partial charge is 0.326 e. The van der Waals surface area contributed by atoms with Gasteiger partial charge in [0.15, 0.2) is 0 Å². The zero-order chi connectivity index (χ0) is 11.7. The monoisotopic (exact) mass is 218 g/mol. The average Bonchev–Trinajstić information content (AvgIpc) is 3.04. The van der Waals surface area contributed by atoms with Gasteiger partial charge in [-0.1, -0.05) is 19.1 Å². The van der Waals surface area contributed by atoms with E-state index in [4.69, 9.17) is 5.73 Å². The number of hydrogen-bond acceptors (Lipinski definition) is 2. The molecule has 16 heavy (non-hydrogen) atoms. The average molecular weight is 218 g/mol. The predicted octanol–water partition coefficient (Wildman–Crippen LogP) is 1.76. The smallest absolute Gasteiger partial charge is 0.230 e. The molecule has 1 aromatic rings. The standard InChI is InChI=1S/C13H18N2O/c1-9-6-12(9)13(16)15(2)11-5-3-4-10(7-11)8-14/h3-5,7,9,12H,6,8,14H2,1-2H3. The Morgan fingerprint density at radius 3 is 2.81 bits per heavy atom. The van der Waals surface area contributed by atoms with Crippen molar-refractivity contribution in [2.75, 3.05) is 11.9 Å². The first-order valence-corrected chi connectivity index (χ1v) is 5.70. The summed E-state index contributed by atoms with van der Waals surface area (Å²) >= 11 is 0. The Labute approximate surface area is 96.2 Å². The SMILES string of the molecule is CC1CC1C(=O)N(C)c1cccc(CN)c1. The molecule has 86 valence electrons. The second kappa shape index (κ2) is 4.26. The summed E-state index contributed by atoms with van der Waals surface area (Å²) in [5, 5.41) is 0. The zero-order valence-corrected chi connectivity index (χ0v) is 9.81. The summed E-state index contributed by atoms with van der Waals surface area (Å²) in [6.07, 6.45) is 1.03. The van der Waals surface area contributed by atoms with Gasteiger partial charge in [0.25, 0.3) is 0 Å². The Balaban J connectivity index is 2.13. The highest BCUT2D eigenvalue weighted by Gasteiger charge is 2.40. The Bertz CT molecular complexity index is 403. The lowest BCUT2D eigenvalue weighted by Gasteiger charge is -2.18. The molecular formula is C13H18N2O. The lowest BCUT2D eigenvalue weighted by atomic mass is 10.2. The van der Waals surface area contributed by atoms with E-state index in [2.05, 4.69) is 6.92 Å². The number of rotatable bonds is 3. The van der Waals surface area contributed by atoms with Crippen LogP contribution in [-0.2, 0) is 11.3 Å². The first-order valence-electron chi connectivity index (χ1n) is 5.70. The molecule has 2 N–H and O–H groups in total. The number of carbonyl (C=O) groups excluding carboxylic acids is 1. The van der Waals surface area contributed by atoms with Gasteiger partial charge < -0.3 is 10.6 Å². The van der Waals surface area contributed by atoms with Crippen molar-refractivity contribution in [2.45, 2.75) is 19.9 Å². The third-order valence-electron chi connectivity index (χ3n) is 3.29. The Hall–Kier alpha value is -1.35. The van der Waals surface area contributed by atoms with Crippen molar-refractivity contribution in [2.24, 2.45) is 17.6 Å². The van der Waals surface area contributed by atoms with E-state index in [0.29, 0.717) is 12.5 Å². The van der Waals surface area contributed by atoms with Gasteiger partial charge in [0.1, 0.15) is 0 Å². The van der Waals surface area contributed by atoms with Gasteiger partial charge in [-0.05, 0) is 30.0 Å². The second-order valence-electron chi connectivity index (χ2n) is 4.59. The Morgan fingerprint density at radius 2 is 2.25 bits per heavy atom. The van der Waals surface area contributed by atoms with Gasteiger partial charge in [-0.2, -0.15) is 0 Å². The molecule has 0 saturated heterocycles. The van der Waals surface area contributed by atoms with E-state index in [1.807, 2.05) is 31.3 Å². The van der Waals surface area contributed by atoms with Crippen molar-refractivity contribution in [1.82, 2.24) is 0 Å². The van der Waals surface area contributed by atoms with Crippen LogP contribution in [0.5, 0.6) is 0 Å².